The molecule has 0 saturated carbocycles. The van der Waals surface area contributed by atoms with Gasteiger partial charge in [-0.15, -0.1) is 0 Å². The molecule has 1 amide bonds. The lowest BCUT2D eigenvalue weighted by molar-refractivity contribution is 0.0820. The van der Waals surface area contributed by atoms with E-state index in [0.717, 1.165) is 17.7 Å². The van der Waals surface area contributed by atoms with E-state index in [9.17, 15) is 4.79 Å². The molecule has 0 atom stereocenters. The van der Waals surface area contributed by atoms with Crippen molar-refractivity contribution >= 4 is 5.91 Å². The normalized spacial score (nSPS) is 10.4. The van der Waals surface area contributed by atoms with Gasteiger partial charge in [-0.1, -0.05) is 6.92 Å². The Morgan fingerprint density at radius 2 is 2.07 bits per heavy atom. The number of nitrogens with zero attached hydrogens (tertiary/aromatic N) is 3. The van der Waals surface area contributed by atoms with Crippen molar-refractivity contribution in [2.45, 2.75) is 20.3 Å². The second kappa shape index (κ2) is 3.82. The van der Waals surface area contributed by atoms with Crippen molar-refractivity contribution in [1.82, 2.24) is 14.7 Å². The molecule has 0 radical (unpaired) electrons. The van der Waals surface area contributed by atoms with Crippen molar-refractivity contribution in [1.29, 1.82) is 0 Å². The molecule has 14 heavy (non-hydrogen) atoms. The molecule has 1 rings (SSSR count). The summed E-state index contributed by atoms with van der Waals surface area (Å²) < 4.78 is 1.76. The van der Waals surface area contributed by atoms with Gasteiger partial charge in [0.25, 0.3) is 5.91 Å². The largest absolute Gasteiger partial charge is 0.343 e. The Morgan fingerprint density at radius 1 is 1.50 bits per heavy atom. The number of carbonyl (C=O) groups is 1. The van der Waals surface area contributed by atoms with Gasteiger partial charge in [-0.2, -0.15) is 5.10 Å². The van der Waals surface area contributed by atoms with Gasteiger partial charge < -0.3 is 4.90 Å². The summed E-state index contributed by atoms with van der Waals surface area (Å²) in [7, 11) is 5.35. The Hall–Kier alpha value is -1.32. The fourth-order valence-electron chi connectivity index (χ4n) is 1.46. The molecule has 0 aliphatic rings. The maximum Gasteiger partial charge on any atom is 0.274 e. The molecule has 0 saturated heterocycles. The summed E-state index contributed by atoms with van der Waals surface area (Å²) in [6.45, 7) is 4.02. The summed E-state index contributed by atoms with van der Waals surface area (Å²) in [5, 5.41) is 4.23. The fourth-order valence-corrected chi connectivity index (χ4v) is 1.46. The number of hydrogen-bond acceptors (Lipinski definition) is 2. The van der Waals surface area contributed by atoms with Crippen LogP contribution in [0, 0.1) is 6.92 Å². The maximum absolute atomic E-state index is 11.7. The monoisotopic (exact) mass is 195 g/mol. The molecule has 0 spiro atoms. The number of rotatable bonds is 2. The van der Waals surface area contributed by atoms with E-state index in [2.05, 4.69) is 5.10 Å². The molecule has 0 N–H and O–H groups in total. The number of hydrogen-bond donors (Lipinski definition) is 0. The van der Waals surface area contributed by atoms with Crippen LogP contribution in [-0.4, -0.2) is 34.7 Å². The van der Waals surface area contributed by atoms with Crippen LogP contribution in [0.2, 0.25) is 0 Å². The second-order valence-corrected chi connectivity index (χ2v) is 3.59. The van der Waals surface area contributed by atoms with Crippen LogP contribution in [0.25, 0.3) is 0 Å². The summed E-state index contributed by atoms with van der Waals surface area (Å²) in [6.07, 6.45) is 0.842. The lowest BCUT2D eigenvalue weighted by Crippen LogP contribution is -2.23. The van der Waals surface area contributed by atoms with Gasteiger partial charge in [-0.25, -0.2) is 0 Å². The third-order valence-corrected chi connectivity index (χ3v) is 2.42. The Balaban J connectivity index is 3.21. The molecule has 4 heteroatoms. The van der Waals surface area contributed by atoms with E-state index in [0.29, 0.717) is 5.69 Å². The Morgan fingerprint density at radius 3 is 2.50 bits per heavy atom. The smallest absolute Gasteiger partial charge is 0.274 e. The summed E-state index contributed by atoms with van der Waals surface area (Å²) >= 11 is 0. The third-order valence-electron chi connectivity index (χ3n) is 2.42. The average Bonchev–Trinajstić information content (AvgIpc) is 2.41. The van der Waals surface area contributed by atoms with Crippen molar-refractivity contribution in [3.63, 3.8) is 0 Å². The van der Waals surface area contributed by atoms with Gasteiger partial charge in [-0.3, -0.25) is 9.48 Å². The van der Waals surface area contributed by atoms with Crippen molar-refractivity contribution in [3.8, 4) is 0 Å². The van der Waals surface area contributed by atoms with Crippen molar-refractivity contribution in [2.75, 3.05) is 14.1 Å². The van der Waals surface area contributed by atoms with Gasteiger partial charge in [-0.05, 0) is 13.3 Å². The summed E-state index contributed by atoms with van der Waals surface area (Å²) in [4.78, 5) is 13.3. The van der Waals surface area contributed by atoms with Crippen molar-refractivity contribution in [3.05, 3.63) is 17.0 Å². The number of aromatic nitrogens is 2. The Kier molecular flexibility index (Phi) is 2.93. The number of aryl methyl sites for hydroxylation is 1. The minimum atomic E-state index is -0.0226. The SMILES string of the molecule is CCc1c(C(=O)N(C)C)nn(C)c1C. The molecule has 78 valence electrons. The van der Waals surface area contributed by atoms with Gasteiger partial charge in [0.2, 0.25) is 0 Å². The molecule has 0 aliphatic heterocycles. The highest BCUT2D eigenvalue weighted by atomic mass is 16.2. The van der Waals surface area contributed by atoms with Crippen LogP contribution in [0.4, 0.5) is 0 Å². The van der Waals surface area contributed by atoms with Gasteiger partial charge in [0.05, 0.1) is 0 Å². The van der Waals surface area contributed by atoms with E-state index < -0.39 is 0 Å². The fraction of sp³-hybridized carbons (Fsp3) is 0.600. The van der Waals surface area contributed by atoms with Gasteiger partial charge in [0, 0.05) is 32.4 Å². The average molecular weight is 195 g/mol. The van der Waals surface area contributed by atoms with Crippen molar-refractivity contribution < 1.29 is 4.79 Å². The highest BCUT2D eigenvalue weighted by Gasteiger charge is 2.19. The first kappa shape index (κ1) is 10.8. The lowest BCUT2D eigenvalue weighted by atomic mass is 10.1. The van der Waals surface area contributed by atoms with E-state index in [1.165, 1.54) is 0 Å². The predicted octanol–water partition coefficient (Wildman–Crippen LogP) is 0.993. The summed E-state index contributed by atoms with van der Waals surface area (Å²) in [6, 6.07) is 0. The van der Waals surface area contributed by atoms with Crippen LogP contribution < -0.4 is 0 Å². The van der Waals surface area contributed by atoms with Crippen molar-refractivity contribution in [2.24, 2.45) is 7.05 Å². The molecule has 1 aromatic heterocycles. The molecule has 0 aromatic carbocycles. The lowest BCUT2D eigenvalue weighted by Gasteiger charge is -2.08. The maximum atomic E-state index is 11.7. The van der Waals surface area contributed by atoms with Crippen LogP contribution in [0.15, 0.2) is 0 Å². The number of carbonyl (C=O) groups excluding carboxylic acids is 1. The summed E-state index contributed by atoms with van der Waals surface area (Å²) in [5.74, 6) is -0.0226. The topological polar surface area (TPSA) is 38.1 Å². The quantitative estimate of drug-likeness (QED) is 0.706. The van der Waals surface area contributed by atoms with E-state index in [-0.39, 0.29) is 5.91 Å². The van der Waals surface area contributed by atoms with Crippen LogP contribution in [0.5, 0.6) is 0 Å². The van der Waals surface area contributed by atoms with Crippen LogP contribution in [-0.2, 0) is 13.5 Å². The molecule has 0 bridgehead atoms. The van der Waals surface area contributed by atoms with E-state index in [4.69, 9.17) is 0 Å². The molecule has 0 fully saturated rings. The molecule has 0 unspecified atom stereocenters. The number of amides is 1. The van der Waals surface area contributed by atoms with Crippen LogP contribution >= 0.6 is 0 Å². The molecule has 0 aliphatic carbocycles. The van der Waals surface area contributed by atoms with Gasteiger partial charge in [0.15, 0.2) is 5.69 Å². The first-order chi connectivity index (χ1) is 6.49. The van der Waals surface area contributed by atoms with Crippen LogP contribution in [0.1, 0.15) is 28.7 Å². The highest BCUT2D eigenvalue weighted by Crippen LogP contribution is 2.14. The standard InChI is InChI=1S/C10H17N3O/c1-6-8-7(2)13(5)11-9(8)10(14)12(3)4/h6H2,1-5H3. The first-order valence-electron chi connectivity index (χ1n) is 4.73. The minimum Gasteiger partial charge on any atom is -0.343 e. The summed E-state index contributed by atoms with van der Waals surface area (Å²) in [5.41, 5.74) is 2.70. The third kappa shape index (κ3) is 1.64. The van der Waals surface area contributed by atoms with E-state index in [1.807, 2.05) is 20.9 Å². The molecule has 4 nitrogen and oxygen atoms in total. The minimum absolute atomic E-state index is 0.0226. The Labute approximate surface area is 84.5 Å². The van der Waals surface area contributed by atoms with Gasteiger partial charge in [0.1, 0.15) is 0 Å². The zero-order valence-electron chi connectivity index (χ0n) is 9.46. The zero-order chi connectivity index (χ0) is 10.9. The van der Waals surface area contributed by atoms with E-state index in [1.54, 1.807) is 23.7 Å². The van der Waals surface area contributed by atoms with Crippen LogP contribution in [0.3, 0.4) is 0 Å². The van der Waals surface area contributed by atoms with E-state index >= 15 is 0 Å². The molecular formula is C10H17N3O. The highest BCUT2D eigenvalue weighted by molar-refractivity contribution is 5.93. The molecule has 1 heterocycles. The second-order valence-electron chi connectivity index (χ2n) is 3.59. The predicted molar refractivity (Wildman–Crippen MR) is 55.3 cm³/mol. The Bertz CT molecular complexity index is 352. The molecule has 1 aromatic rings. The van der Waals surface area contributed by atoms with Gasteiger partial charge >= 0.3 is 0 Å². The first-order valence-corrected chi connectivity index (χ1v) is 4.73. The molecular weight excluding hydrogens is 178 g/mol. The zero-order valence-corrected chi connectivity index (χ0v) is 9.46.